The zero-order valence-corrected chi connectivity index (χ0v) is 18.8. The van der Waals surface area contributed by atoms with Crippen LogP contribution in [0, 0.1) is 0 Å². The number of nitrogens with zero attached hydrogens (tertiary/aromatic N) is 4. The summed E-state index contributed by atoms with van der Waals surface area (Å²) >= 11 is 0. The number of hydrogen-bond acceptors (Lipinski definition) is 5. The number of rotatable bonds is 5. The second kappa shape index (κ2) is 8.98. The summed E-state index contributed by atoms with van der Waals surface area (Å²) in [5, 5.41) is 3.41. The van der Waals surface area contributed by atoms with Gasteiger partial charge in [0.05, 0.1) is 6.67 Å². The molecular weight excluding hydrogens is 396 g/mol. The Kier molecular flexibility index (Phi) is 5.91. The molecule has 3 N–H and O–H groups in total. The monoisotopic (exact) mass is 428 g/mol. The Morgan fingerprint density at radius 3 is 2.41 bits per heavy atom. The van der Waals surface area contributed by atoms with Crippen LogP contribution < -0.4 is 16.0 Å². The Balaban J connectivity index is 1.51. The number of piperazine rings is 1. The maximum Gasteiger partial charge on any atom is 0.161 e. The summed E-state index contributed by atoms with van der Waals surface area (Å²) in [6, 6.07) is 19.0. The smallest absolute Gasteiger partial charge is 0.161 e. The molecule has 0 unspecified atom stereocenters. The molecular formula is C26H32N6. The van der Waals surface area contributed by atoms with E-state index in [-0.39, 0.29) is 5.54 Å². The molecule has 0 atom stereocenters. The van der Waals surface area contributed by atoms with Gasteiger partial charge in [-0.2, -0.15) is 0 Å². The number of benzene rings is 2. The summed E-state index contributed by atoms with van der Waals surface area (Å²) in [6.45, 7) is 6.76. The van der Waals surface area contributed by atoms with Crippen LogP contribution in [0.15, 0.2) is 76.4 Å². The minimum absolute atomic E-state index is 0.159. The quantitative estimate of drug-likeness (QED) is 0.765. The van der Waals surface area contributed by atoms with Crippen molar-refractivity contribution in [3.05, 3.63) is 77.5 Å². The van der Waals surface area contributed by atoms with Crippen molar-refractivity contribution in [3.63, 3.8) is 0 Å². The highest BCUT2D eigenvalue weighted by atomic mass is 15.3. The fourth-order valence-corrected chi connectivity index (χ4v) is 4.61. The summed E-state index contributed by atoms with van der Waals surface area (Å²) in [6.07, 6.45) is 5.39. The number of anilines is 1. The molecule has 2 aromatic rings. The third-order valence-corrected chi connectivity index (χ3v) is 6.76. The van der Waals surface area contributed by atoms with E-state index in [0.29, 0.717) is 6.67 Å². The number of allylic oxidation sites excluding steroid dienone is 1. The molecule has 6 heteroatoms. The van der Waals surface area contributed by atoms with E-state index in [0.717, 1.165) is 67.6 Å². The number of nitrogens with two attached hydrogens (primary N) is 1. The molecule has 32 heavy (non-hydrogen) atoms. The lowest BCUT2D eigenvalue weighted by molar-refractivity contribution is 0.248. The average Bonchev–Trinajstić information content (AvgIpc) is 3.21. The minimum atomic E-state index is -0.159. The molecule has 0 spiro atoms. The fourth-order valence-electron chi connectivity index (χ4n) is 4.61. The third kappa shape index (κ3) is 4.01. The van der Waals surface area contributed by atoms with E-state index < -0.39 is 0 Å². The van der Waals surface area contributed by atoms with Crippen LogP contribution in [0.2, 0.25) is 0 Å². The third-order valence-electron chi connectivity index (χ3n) is 6.76. The molecule has 5 rings (SSSR count). The average molecular weight is 429 g/mol. The van der Waals surface area contributed by atoms with Gasteiger partial charge in [-0.3, -0.25) is 14.8 Å². The van der Waals surface area contributed by atoms with Crippen LogP contribution in [-0.2, 0) is 5.54 Å². The van der Waals surface area contributed by atoms with Crippen molar-refractivity contribution in [3.8, 4) is 0 Å². The van der Waals surface area contributed by atoms with Crippen LogP contribution >= 0.6 is 0 Å². The second-order valence-corrected chi connectivity index (χ2v) is 8.86. The number of aliphatic imine (C=N–C) groups is 2. The van der Waals surface area contributed by atoms with E-state index in [1.54, 1.807) is 0 Å². The maximum absolute atomic E-state index is 6.57. The number of hydrogen-bond donors (Lipinski definition) is 2. The van der Waals surface area contributed by atoms with E-state index >= 15 is 0 Å². The molecule has 0 amide bonds. The van der Waals surface area contributed by atoms with Crippen LogP contribution in [0.5, 0.6) is 0 Å². The lowest BCUT2D eigenvalue weighted by atomic mass is 9.73. The zero-order valence-electron chi connectivity index (χ0n) is 18.8. The van der Waals surface area contributed by atoms with Crippen LogP contribution in [-0.4, -0.2) is 49.4 Å². The first-order chi connectivity index (χ1) is 15.7. The van der Waals surface area contributed by atoms with Gasteiger partial charge in [0.1, 0.15) is 11.5 Å². The highest BCUT2D eigenvalue weighted by molar-refractivity contribution is 6.34. The van der Waals surface area contributed by atoms with E-state index in [1.807, 2.05) is 13.0 Å². The van der Waals surface area contributed by atoms with Crippen molar-refractivity contribution >= 4 is 17.4 Å². The lowest BCUT2D eigenvalue weighted by Gasteiger charge is -2.38. The van der Waals surface area contributed by atoms with Crippen molar-refractivity contribution in [1.29, 1.82) is 0 Å². The first-order valence-corrected chi connectivity index (χ1v) is 11.7. The first kappa shape index (κ1) is 21.1. The Morgan fingerprint density at radius 2 is 1.78 bits per heavy atom. The van der Waals surface area contributed by atoms with Gasteiger partial charge < -0.3 is 11.1 Å². The van der Waals surface area contributed by atoms with Crippen LogP contribution in [0.1, 0.15) is 37.3 Å². The molecule has 0 bridgehead atoms. The van der Waals surface area contributed by atoms with Gasteiger partial charge in [0.2, 0.25) is 0 Å². The van der Waals surface area contributed by atoms with Gasteiger partial charge in [-0.15, -0.1) is 0 Å². The fraction of sp³-hybridized carbons (Fsp3) is 0.385. The predicted molar refractivity (Wildman–Crippen MR) is 132 cm³/mol. The van der Waals surface area contributed by atoms with Gasteiger partial charge in [0.25, 0.3) is 0 Å². The van der Waals surface area contributed by atoms with Crippen molar-refractivity contribution in [2.45, 2.75) is 31.7 Å². The summed E-state index contributed by atoms with van der Waals surface area (Å²) in [4.78, 5) is 14.6. The van der Waals surface area contributed by atoms with E-state index in [2.05, 4.69) is 69.7 Å². The van der Waals surface area contributed by atoms with E-state index in [4.69, 9.17) is 15.7 Å². The van der Waals surface area contributed by atoms with Crippen molar-refractivity contribution < 1.29 is 0 Å². The zero-order chi connectivity index (χ0) is 22.0. The Bertz CT molecular complexity index is 1030. The highest BCUT2D eigenvalue weighted by Gasteiger charge is 2.35. The van der Waals surface area contributed by atoms with Crippen LogP contribution in [0.4, 0.5) is 5.69 Å². The summed E-state index contributed by atoms with van der Waals surface area (Å²) in [5.41, 5.74) is 10.7. The van der Waals surface area contributed by atoms with Gasteiger partial charge in [0, 0.05) is 43.0 Å². The maximum atomic E-state index is 6.57. The molecule has 2 aromatic carbocycles. The molecule has 6 nitrogen and oxygen atoms in total. The van der Waals surface area contributed by atoms with Gasteiger partial charge in [-0.25, -0.2) is 4.99 Å². The lowest BCUT2D eigenvalue weighted by Crippen LogP contribution is -2.44. The molecule has 1 saturated heterocycles. The summed E-state index contributed by atoms with van der Waals surface area (Å²) in [5.74, 6) is 1.82. The van der Waals surface area contributed by atoms with Gasteiger partial charge in [0.15, 0.2) is 5.84 Å². The van der Waals surface area contributed by atoms with Gasteiger partial charge in [-0.1, -0.05) is 48.5 Å². The SMILES string of the molecule is C/C=C1/N=C(c2ccccc2)N(c2ccc(C3(N)CCC3)cc2)/C1=N/CN1CCNCC1. The van der Waals surface area contributed by atoms with E-state index in [9.17, 15) is 0 Å². The van der Waals surface area contributed by atoms with Crippen molar-refractivity contribution in [2.75, 3.05) is 37.7 Å². The molecule has 2 fully saturated rings. The summed E-state index contributed by atoms with van der Waals surface area (Å²) < 4.78 is 0. The second-order valence-electron chi connectivity index (χ2n) is 8.86. The van der Waals surface area contributed by atoms with Crippen molar-refractivity contribution in [1.82, 2.24) is 10.2 Å². The molecule has 3 aliphatic rings. The molecule has 2 heterocycles. The van der Waals surface area contributed by atoms with Crippen LogP contribution in [0.3, 0.4) is 0 Å². The molecule has 2 aliphatic heterocycles. The van der Waals surface area contributed by atoms with Gasteiger partial charge in [-0.05, 0) is 43.9 Å². The van der Waals surface area contributed by atoms with Gasteiger partial charge >= 0.3 is 0 Å². The highest BCUT2D eigenvalue weighted by Crippen LogP contribution is 2.39. The van der Waals surface area contributed by atoms with E-state index in [1.165, 1.54) is 12.0 Å². The molecule has 166 valence electrons. The number of amidine groups is 2. The van der Waals surface area contributed by atoms with Crippen LogP contribution in [0.25, 0.3) is 0 Å². The normalized spacial score (nSPS) is 23.4. The molecule has 0 radical (unpaired) electrons. The molecule has 1 saturated carbocycles. The minimum Gasteiger partial charge on any atom is -0.321 e. The Labute approximate surface area is 190 Å². The Morgan fingerprint density at radius 1 is 1.06 bits per heavy atom. The standard InChI is InChI=1S/C26H32N6/c1-2-23-25(29-19-31-17-15-28-16-18-31)32(24(30-23)20-7-4-3-5-8-20)22-11-9-21(10-12-22)26(27)13-6-14-26/h2-5,7-12,28H,6,13-19,27H2,1H3/b23-2+,29-25+. The molecule has 1 aliphatic carbocycles. The molecule has 0 aromatic heterocycles. The summed E-state index contributed by atoms with van der Waals surface area (Å²) in [7, 11) is 0. The topological polar surface area (TPSA) is 69.2 Å². The largest absolute Gasteiger partial charge is 0.321 e. The number of nitrogens with one attached hydrogen (secondary N) is 1. The van der Waals surface area contributed by atoms with Crippen molar-refractivity contribution in [2.24, 2.45) is 15.7 Å². The predicted octanol–water partition coefficient (Wildman–Crippen LogP) is 3.46. The first-order valence-electron chi connectivity index (χ1n) is 11.7. The Hall–Kier alpha value is -2.80.